The Labute approximate surface area is 111 Å². The molecule has 0 saturated heterocycles. The first-order valence-electron chi connectivity index (χ1n) is 6.56. The van der Waals surface area contributed by atoms with Gasteiger partial charge in [0.15, 0.2) is 23.4 Å². The highest BCUT2D eigenvalue weighted by atomic mass is 16.5. The lowest BCUT2D eigenvalue weighted by molar-refractivity contribution is -0.128. The summed E-state index contributed by atoms with van der Waals surface area (Å²) in [7, 11) is 1.55. The second-order valence-corrected chi connectivity index (χ2v) is 5.24. The van der Waals surface area contributed by atoms with E-state index in [0.717, 1.165) is 25.5 Å². The van der Waals surface area contributed by atoms with Gasteiger partial charge in [0.1, 0.15) is 6.29 Å². The number of fused-ring (bicyclic) bond motifs is 2. The fourth-order valence-corrected chi connectivity index (χ4v) is 3.16. The molecule has 0 aromatic heterocycles. The van der Waals surface area contributed by atoms with Crippen LogP contribution in [-0.2, 0) is 4.79 Å². The summed E-state index contributed by atoms with van der Waals surface area (Å²) in [6.07, 6.45) is 3.38. The van der Waals surface area contributed by atoms with Crippen molar-refractivity contribution in [2.75, 3.05) is 7.11 Å². The van der Waals surface area contributed by atoms with E-state index >= 15 is 0 Å². The maximum absolute atomic E-state index is 12.1. The van der Waals surface area contributed by atoms with E-state index in [1.807, 2.05) is 0 Å². The first kappa shape index (κ1) is 12.2. The van der Waals surface area contributed by atoms with Crippen molar-refractivity contribution in [3.8, 4) is 11.5 Å². The Morgan fingerprint density at radius 3 is 2.74 bits per heavy atom. The molecule has 19 heavy (non-hydrogen) atoms. The van der Waals surface area contributed by atoms with Crippen LogP contribution in [0.4, 0.5) is 0 Å². The number of carbonyl (C=O) groups is 2. The van der Waals surface area contributed by atoms with Gasteiger partial charge in [-0.3, -0.25) is 9.59 Å². The molecule has 2 aliphatic rings. The van der Waals surface area contributed by atoms with Crippen molar-refractivity contribution in [1.82, 2.24) is 0 Å². The van der Waals surface area contributed by atoms with E-state index in [1.54, 1.807) is 25.3 Å². The van der Waals surface area contributed by atoms with Crippen LogP contribution in [0.1, 0.15) is 29.6 Å². The molecule has 0 heterocycles. The molecular weight excluding hydrogens is 244 g/mol. The van der Waals surface area contributed by atoms with Gasteiger partial charge in [-0.05, 0) is 37.5 Å². The van der Waals surface area contributed by atoms with E-state index in [2.05, 4.69) is 0 Å². The number of methoxy groups -OCH3 is 1. The Bertz CT molecular complexity index is 523. The van der Waals surface area contributed by atoms with Crippen LogP contribution in [0.15, 0.2) is 18.2 Å². The lowest BCUT2D eigenvalue weighted by Gasteiger charge is -2.23. The van der Waals surface area contributed by atoms with Crippen LogP contribution in [0.2, 0.25) is 0 Å². The lowest BCUT2D eigenvalue weighted by atomic mass is 9.96. The van der Waals surface area contributed by atoms with E-state index in [-0.39, 0.29) is 17.8 Å². The SMILES string of the molecule is COc1ccc(C=O)cc1OC1C(=O)C2CCC1C2. The molecule has 4 nitrogen and oxygen atoms in total. The Kier molecular flexibility index (Phi) is 3.01. The molecule has 0 radical (unpaired) electrons. The number of benzene rings is 1. The largest absolute Gasteiger partial charge is 0.493 e. The number of ether oxygens (including phenoxy) is 2. The van der Waals surface area contributed by atoms with E-state index < -0.39 is 0 Å². The Hall–Kier alpha value is -1.84. The first-order valence-corrected chi connectivity index (χ1v) is 6.56. The predicted molar refractivity (Wildman–Crippen MR) is 68.6 cm³/mol. The molecule has 2 saturated carbocycles. The minimum Gasteiger partial charge on any atom is -0.493 e. The number of hydrogen-bond donors (Lipinski definition) is 0. The quantitative estimate of drug-likeness (QED) is 0.779. The normalized spacial score (nSPS) is 28.5. The summed E-state index contributed by atoms with van der Waals surface area (Å²) in [6.45, 7) is 0. The van der Waals surface area contributed by atoms with Crippen LogP contribution >= 0.6 is 0 Å². The maximum atomic E-state index is 12.1. The first-order chi connectivity index (χ1) is 9.22. The van der Waals surface area contributed by atoms with Gasteiger partial charge in [0, 0.05) is 17.4 Å². The molecule has 0 aliphatic heterocycles. The van der Waals surface area contributed by atoms with Gasteiger partial charge in [-0.15, -0.1) is 0 Å². The Morgan fingerprint density at radius 2 is 2.11 bits per heavy atom. The second-order valence-electron chi connectivity index (χ2n) is 5.24. The standard InChI is InChI=1S/C15H16O4/c1-18-12-5-2-9(8-16)6-13(12)19-15-11-4-3-10(7-11)14(15)17/h2,5-6,8,10-11,15H,3-4,7H2,1H3. The number of carbonyl (C=O) groups excluding carboxylic acids is 2. The van der Waals surface area contributed by atoms with E-state index in [9.17, 15) is 9.59 Å². The van der Waals surface area contributed by atoms with Gasteiger partial charge in [-0.1, -0.05) is 0 Å². The van der Waals surface area contributed by atoms with Crippen LogP contribution in [0.3, 0.4) is 0 Å². The van der Waals surface area contributed by atoms with Gasteiger partial charge < -0.3 is 9.47 Å². The van der Waals surface area contributed by atoms with Crippen LogP contribution in [-0.4, -0.2) is 25.3 Å². The zero-order valence-electron chi connectivity index (χ0n) is 10.8. The topological polar surface area (TPSA) is 52.6 Å². The van der Waals surface area contributed by atoms with Crippen molar-refractivity contribution in [1.29, 1.82) is 0 Å². The van der Waals surface area contributed by atoms with Crippen LogP contribution < -0.4 is 9.47 Å². The number of hydrogen-bond acceptors (Lipinski definition) is 4. The van der Waals surface area contributed by atoms with Crippen molar-refractivity contribution < 1.29 is 19.1 Å². The lowest BCUT2D eigenvalue weighted by Crippen LogP contribution is -2.33. The summed E-state index contributed by atoms with van der Waals surface area (Å²) in [4.78, 5) is 22.9. The highest BCUT2D eigenvalue weighted by Gasteiger charge is 2.48. The van der Waals surface area contributed by atoms with Crippen molar-refractivity contribution in [3.05, 3.63) is 23.8 Å². The highest BCUT2D eigenvalue weighted by Crippen LogP contribution is 2.44. The minimum atomic E-state index is -0.366. The smallest absolute Gasteiger partial charge is 0.176 e. The molecule has 0 amide bonds. The fourth-order valence-electron chi connectivity index (χ4n) is 3.16. The summed E-state index contributed by atoms with van der Waals surface area (Å²) >= 11 is 0. The van der Waals surface area contributed by atoms with Crippen LogP contribution in [0.5, 0.6) is 11.5 Å². The molecule has 0 N–H and O–H groups in total. The number of ketones is 1. The van der Waals surface area contributed by atoms with Gasteiger partial charge in [0.05, 0.1) is 7.11 Å². The third-order valence-corrected chi connectivity index (χ3v) is 4.16. The molecule has 2 bridgehead atoms. The number of Topliss-reactive ketones (excluding diaryl/α,β-unsaturated/α-hetero) is 1. The summed E-state index contributed by atoms with van der Waals surface area (Å²) in [5.74, 6) is 1.74. The molecule has 3 rings (SSSR count). The predicted octanol–water partition coefficient (Wildman–Crippen LogP) is 2.25. The summed E-state index contributed by atoms with van der Waals surface area (Å²) in [6, 6.07) is 4.99. The molecule has 3 unspecified atom stereocenters. The third-order valence-electron chi connectivity index (χ3n) is 4.16. The molecule has 0 spiro atoms. The average molecular weight is 260 g/mol. The van der Waals surface area contributed by atoms with E-state index in [0.29, 0.717) is 23.0 Å². The van der Waals surface area contributed by atoms with Crippen molar-refractivity contribution >= 4 is 12.1 Å². The van der Waals surface area contributed by atoms with Crippen molar-refractivity contribution in [2.45, 2.75) is 25.4 Å². The molecular formula is C15H16O4. The van der Waals surface area contributed by atoms with Gasteiger partial charge in [-0.25, -0.2) is 0 Å². The van der Waals surface area contributed by atoms with Crippen molar-refractivity contribution in [3.63, 3.8) is 0 Å². The van der Waals surface area contributed by atoms with Crippen molar-refractivity contribution in [2.24, 2.45) is 11.8 Å². The van der Waals surface area contributed by atoms with Crippen LogP contribution in [0.25, 0.3) is 0 Å². The fraction of sp³-hybridized carbons (Fsp3) is 0.467. The number of aldehydes is 1. The maximum Gasteiger partial charge on any atom is 0.176 e. The minimum absolute atomic E-state index is 0.176. The molecule has 2 fully saturated rings. The molecule has 4 heteroatoms. The van der Waals surface area contributed by atoms with E-state index in [4.69, 9.17) is 9.47 Å². The third kappa shape index (κ3) is 2.01. The summed E-state index contributed by atoms with van der Waals surface area (Å²) in [5.41, 5.74) is 0.520. The average Bonchev–Trinajstić information content (AvgIpc) is 3.02. The summed E-state index contributed by atoms with van der Waals surface area (Å²) < 4.78 is 11.1. The Balaban J connectivity index is 1.86. The monoisotopic (exact) mass is 260 g/mol. The van der Waals surface area contributed by atoms with Crippen LogP contribution in [0, 0.1) is 11.8 Å². The zero-order chi connectivity index (χ0) is 13.4. The van der Waals surface area contributed by atoms with Gasteiger partial charge in [0.2, 0.25) is 0 Å². The number of rotatable bonds is 4. The second kappa shape index (κ2) is 4.68. The summed E-state index contributed by atoms with van der Waals surface area (Å²) in [5, 5.41) is 0. The zero-order valence-corrected chi connectivity index (χ0v) is 10.8. The van der Waals surface area contributed by atoms with Gasteiger partial charge in [0.25, 0.3) is 0 Å². The molecule has 2 aliphatic carbocycles. The molecule has 3 atom stereocenters. The van der Waals surface area contributed by atoms with Gasteiger partial charge in [-0.2, -0.15) is 0 Å². The highest BCUT2D eigenvalue weighted by molar-refractivity contribution is 5.89. The molecule has 100 valence electrons. The Morgan fingerprint density at radius 1 is 1.26 bits per heavy atom. The van der Waals surface area contributed by atoms with E-state index in [1.165, 1.54) is 0 Å². The molecule has 1 aromatic rings. The molecule has 1 aromatic carbocycles. The van der Waals surface area contributed by atoms with Gasteiger partial charge >= 0.3 is 0 Å².